The molecule has 4 saturated carbocycles. The average Bonchev–Trinajstić information content (AvgIpc) is 2.87. The number of piperidine rings is 1. The summed E-state index contributed by atoms with van der Waals surface area (Å²) in [4.78, 5) is 9.80. The highest BCUT2D eigenvalue weighted by atomic mass is 19.4. The molecule has 0 spiro atoms. The fourth-order valence-corrected chi connectivity index (χ4v) is 6.65. The van der Waals surface area contributed by atoms with Crippen molar-refractivity contribution in [2.75, 3.05) is 18.4 Å². The van der Waals surface area contributed by atoms with E-state index >= 15 is 0 Å². The van der Waals surface area contributed by atoms with Crippen LogP contribution in [0, 0.1) is 17.8 Å². The number of anilines is 1. The fraction of sp³-hybridized carbons (Fsp3) is 0.818. The Labute approximate surface area is 179 Å². The standard InChI is InChI=1S/C22H29F5N4/c23-21(24)3-5-31(6-4-21)13-17-12-28-19(29-18(17)22(25,26)27)30-20-2-1-14-7-15(10-20)9-16(8-14)11-20/h12,14-16H,1-11,13H2,(H,28,29,30). The van der Waals surface area contributed by atoms with E-state index in [9.17, 15) is 22.0 Å². The first-order chi connectivity index (χ1) is 14.6. The number of nitrogens with one attached hydrogen (secondary N) is 1. The Morgan fingerprint density at radius 1 is 1.00 bits per heavy atom. The Kier molecular flexibility index (Phi) is 5.18. The first-order valence-corrected chi connectivity index (χ1v) is 11.4. The molecular formula is C22H29F5N4. The molecule has 0 aromatic carbocycles. The zero-order valence-electron chi connectivity index (χ0n) is 17.5. The van der Waals surface area contributed by atoms with Crippen molar-refractivity contribution in [1.82, 2.24) is 14.9 Å². The van der Waals surface area contributed by atoms with Crippen molar-refractivity contribution in [1.29, 1.82) is 0 Å². The summed E-state index contributed by atoms with van der Waals surface area (Å²) in [7, 11) is 0. The van der Waals surface area contributed by atoms with Crippen LogP contribution >= 0.6 is 0 Å². The van der Waals surface area contributed by atoms with E-state index in [2.05, 4.69) is 15.3 Å². The maximum absolute atomic E-state index is 13.8. The number of likely N-dealkylation sites (tertiary alicyclic amines) is 1. The lowest BCUT2D eigenvalue weighted by molar-refractivity contribution is -0.142. The molecule has 1 aromatic rings. The molecule has 1 N–H and O–H groups in total. The van der Waals surface area contributed by atoms with Gasteiger partial charge in [-0.2, -0.15) is 13.2 Å². The van der Waals surface area contributed by atoms with Gasteiger partial charge in [-0.1, -0.05) is 0 Å². The Balaban J connectivity index is 1.36. The number of hydrogen-bond acceptors (Lipinski definition) is 4. The van der Waals surface area contributed by atoms with Gasteiger partial charge in [-0.15, -0.1) is 0 Å². The van der Waals surface area contributed by atoms with Crippen molar-refractivity contribution in [3.05, 3.63) is 17.5 Å². The number of aromatic nitrogens is 2. The molecule has 1 aromatic heterocycles. The quantitative estimate of drug-likeness (QED) is 0.623. The predicted molar refractivity (Wildman–Crippen MR) is 106 cm³/mol. The summed E-state index contributed by atoms with van der Waals surface area (Å²) in [6.07, 6.45) is 3.70. The molecule has 2 atom stereocenters. The van der Waals surface area contributed by atoms with Crippen LogP contribution in [0.5, 0.6) is 0 Å². The Hall–Kier alpha value is -1.51. The summed E-state index contributed by atoms with van der Waals surface area (Å²) in [5.41, 5.74) is -1.21. The van der Waals surface area contributed by atoms with Crippen molar-refractivity contribution < 1.29 is 22.0 Å². The molecule has 2 unspecified atom stereocenters. The molecule has 1 saturated heterocycles. The zero-order chi connectivity index (χ0) is 21.9. The van der Waals surface area contributed by atoms with Gasteiger partial charge in [0.2, 0.25) is 5.95 Å². The van der Waals surface area contributed by atoms with Crippen molar-refractivity contribution in [3.8, 4) is 0 Å². The number of halogens is 5. The van der Waals surface area contributed by atoms with E-state index in [0.29, 0.717) is 11.8 Å². The molecule has 0 amide bonds. The van der Waals surface area contributed by atoms with Gasteiger partial charge in [-0.25, -0.2) is 18.7 Å². The second kappa shape index (κ2) is 7.52. The first kappa shape index (κ1) is 21.3. The minimum absolute atomic E-state index is 0.0426. The first-order valence-electron chi connectivity index (χ1n) is 11.4. The maximum atomic E-state index is 13.8. The van der Waals surface area contributed by atoms with Gasteiger partial charge in [-0.3, -0.25) is 4.90 Å². The van der Waals surface area contributed by atoms with Crippen LogP contribution in [-0.4, -0.2) is 39.4 Å². The largest absolute Gasteiger partial charge is 0.433 e. The van der Waals surface area contributed by atoms with E-state index in [1.54, 1.807) is 4.90 Å². The zero-order valence-corrected chi connectivity index (χ0v) is 17.5. The highest BCUT2D eigenvalue weighted by Gasteiger charge is 2.48. The lowest BCUT2D eigenvalue weighted by atomic mass is 9.65. The molecule has 1 aliphatic heterocycles. The maximum Gasteiger partial charge on any atom is 0.433 e. The number of nitrogens with zero attached hydrogens (tertiary/aromatic N) is 3. The van der Waals surface area contributed by atoms with Crippen molar-refractivity contribution >= 4 is 5.95 Å². The van der Waals surface area contributed by atoms with E-state index in [1.165, 1.54) is 25.5 Å². The summed E-state index contributed by atoms with van der Waals surface area (Å²) in [6, 6.07) is 0. The highest BCUT2D eigenvalue weighted by Crippen LogP contribution is 2.53. The van der Waals surface area contributed by atoms with Gasteiger partial charge >= 0.3 is 6.18 Å². The Bertz CT molecular complexity index is 803. The third-order valence-electron chi connectivity index (χ3n) is 7.88. The normalized spacial score (nSPS) is 35.2. The van der Waals surface area contributed by atoms with Gasteiger partial charge in [0.1, 0.15) is 0 Å². The molecule has 6 rings (SSSR count). The van der Waals surface area contributed by atoms with Crippen LogP contribution in [0.2, 0.25) is 0 Å². The molecule has 4 bridgehead atoms. The third-order valence-corrected chi connectivity index (χ3v) is 7.88. The smallest absolute Gasteiger partial charge is 0.349 e. The van der Waals surface area contributed by atoms with Crippen molar-refractivity contribution in [2.24, 2.45) is 17.8 Å². The van der Waals surface area contributed by atoms with Crippen molar-refractivity contribution in [2.45, 2.75) is 82.0 Å². The summed E-state index contributed by atoms with van der Waals surface area (Å²) in [5, 5.41) is 3.34. The summed E-state index contributed by atoms with van der Waals surface area (Å²) in [6.45, 7) is 0.0663. The van der Waals surface area contributed by atoms with Crippen LogP contribution < -0.4 is 5.32 Å². The second-order valence-electron chi connectivity index (χ2n) is 10.4. The SMILES string of the molecule is FC1(F)CCN(Cc2cnc(NC34CCC5CC(CC(C5)C3)C4)nc2C(F)(F)F)CC1. The molecule has 9 heteroatoms. The van der Waals surface area contributed by atoms with Gasteiger partial charge in [0.25, 0.3) is 5.92 Å². The number of hydrogen-bond donors (Lipinski definition) is 1. The van der Waals surface area contributed by atoms with E-state index in [-0.39, 0.29) is 49.5 Å². The number of rotatable bonds is 4. The van der Waals surface area contributed by atoms with E-state index < -0.39 is 17.8 Å². The average molecular weight is 444 g/mol. The number of alkyl halides is 5. The van der Waals surface area contributed by atoms with Gasteiger partial charge < -0.3 is 5.32 Å². The summed E-state index contributed by atoms with van der Waals surface area (Å²) in [5.74, 6) is -0.650. The fourth-order valence-electron chi connectivity index (χ4n) is 6.65. The van der Waals surface area contributed by atoms with E-state index in [0.717, 1.165) is 31.6 Å². The van der Waals surface area contributed by atoms with Crippen LogP contribution in [-0.2, 0) is 12.7 Å². The predicted octanol–water partition coefficient (Wildman–Crippen LogP) is 5.50. The molecule has 5 fully saturated rings. The second-order valence-corrected chi connectivity index (χ2v) is 10.4. The van der Waals surface area contributed by atoms with Gasteiger partial charge in [0.15, 0.2) is 5.69 Å². The topological polar surface area (TPSA) is 41.1 Å². The molecule has 31 heavy (non-hydrogen) atoms. The molecule has 5 aliphatic rings. The van der Waals surface area contributed by atoms with Crippen LogP contribution in [0.15, 0.2) is 6.20 Å². The molecule has 4 aliphatic carbocycles. The Morgan fingerprint density at radius 3 is 2.29 bits per heavy atom. The molecular weight excluding hydrogens is 415 g/mol. The highest BCUT2D eigenvalue weighted by molar-refractivity contribution is 5.35. The van der Waals surface area contributed by atoms with Crippen LogP contribution in [0.25, 0.3) is 0 Å². The molecule has 4 nitrogen and oxygen atoms in total. The minimum Gasteiger partial charge on any atom is -0.349 e. The molecule has 2 heterocycles. The monoisotopic (exact) mass is 444 g/mol. The number of fused-ring (bicyclic) bond motifs is 1. The van der Waals surface area contributed by atoms with Gasteiger partial charge in [0, 0.05) is 49.8 Å². The summed E-state index contributed by atoms with van der Waals surface area (Å²) >= 11 is 0. The van der Waals surface area contributed by atoms with Crippen LogP contribution in [0.4, 0.5) is 27.9 Å². The van der Waals surface area contributed by atoms with E-state index in [4.69, 9.17) is 0 Å². The van der Waals surface area contributed by atoms with Crippen molar-refractivity contribution in [3.63, 3.8) is 0 Å². The van der Waals surface area contributed by atoms with Gasteiger partial charge in [0.05, 0.1) is 0 Å². The third kappa shape index (κ3) is 4.52. The molecule has 0 radical (unpaired) electrons. The molecule has 172 valence electrons. The lowest BCUT2D eigenvalue weighted by Gasteiger charge is -2.45. The van der Waals surface area contributed by atoms with E-state index in [1.807, 2.05) is 0 Å². The summed E-state index contributed by atoms with van der Waals surface area (Å²) < 4.78 is 68.2. The minimum atomic E-state index is -4.62. The van der Waals surface area contributed by atoms with Crippen LogP contribution in [0.1, 0.15) is 69.0 Å². The lowest BCUT2D eigenvalue weighted by Crippen LogP contribution is -2.45. The van der Waals surface area contributed by atoms with Crippen LogP contribution in [0.3, 0.4) is 0 Å². The Morgan fingerprint density at radius 2 is 1.65 bits per heavy atom. The van der Waals surface area contributed by atoms with Gasteiger partial charge in [-0.05, 0) is 62.7 Å².